The highest BCUT2D eigenvalue weighted by Gasteiger charge is 2.09. The number of hydrogen-bond donors (Lipinski definition) is 2. The fraction of sp³-hybridized carbons (Fsp3) is 0.600. The molecule has 2 heteroatoms. The minimum absolute atomic E-state index is 0.0556. The number of aryl methyl sites for hydroxylation is 3. The molecular weight excluding hydrogens is 208 g/mol. The van der Waals surface area contributed by atoms with Gasteiger partial charge in [0.25, 0.3) is 0 Å². The van der Waals surface area contributed by atoms with E-state index in [1.807, 2.05) is 0 Å². The van der Waals surface area contributed by atoms with Gasteiger partial charge in [0.05, 0.1) is 0 Å². The Morgan fingerprint density at radius 3 is 2.24 bits per heavy atom. The predicted octanol–water partition coefficient (Wildman–Crippen LogP) is 3.54. The maximum absolute atomic E-state index is 5.96. The van der Waals surface area contributed by atoms with Crippen molar-refractivity contribution in [2.75, 3.05) is 11.9 Å². The second kappa shape index (κ2) is 5.54. The summed E-state index contributed by atoms with van der Waals surface area (Å²) in [5.74, 6) is 0. The molecule has 0 atom stereocenters. The smallest absolute Gasteiger partial charge is 0.0372 e. The van der Waals surface area contributed by atoms with E-state index < -0.39 is 0 Å². The van der Waals surface area contributed by atoms with Crippen molar-refractivity contribution in [1.82, 2.24) is 0 Å². The highest BCUT2D eigenvalue weighted by atomic mass is 14.9. The molecule has 0 aliphatic carbocycles. The standard InChI is InChI=1S/C15H26N2/c1-11-9-13(3)14(10-12(11)2)17-8-6-7-15(4,5)16/h9-10,17H,6-8,16H2,1-5H3. The van der Waals surface area contributed by atoms with Crippen LogP contribution in [0.15, 0.2) is 12.1 Å². The van der Waals surface area contributed by atoms with Gasteiger partial charge in [-0.1, -0.05) is 6.07 Å². The van der Waals surface area contributed by atoms with E-state index in [4.69, 9.17) is 5.73 Å². The van der Waals surface area contributed by atoms with Crippen LogP contribution in [0, 0.1) is 20.8 Å². The highest BCUT2D eigenvalue weighted by Crippen LogP contribution is 2.20. The van der Waals surface area contributed by atoms with Crippen LogP contribution in [0.1, 0.15) is 43.4 Å². The molecule has 0 saturated heterocycles. The summed E-state index contributed by atoms with van der Waals surface area (Å²) >= 11 is 0. The van der Waals surface area contributed by atoms with Crippen molar-refractivity contribution < 1.29 is 0 Å². The van der Waals surface area contributed by atoms with Crippen LogP contribution < -0.4 is 11.1 Å². The number of rotatable bonds is 5. The molecule has 0 fully saturated rings. The van der Waals surface area contributed by atoms with Gasteiger partial charge in [-0.25, -0.2) is 0 Å². The van der Waals surface area contributed by atoms with E-state index in [2.05, 4.69) is 52.1 Å². The van der Waals surface area contributed by atoms with Crippen molar-refractivity contribution in [3.63, 3.8) is 0 Å². The Morgan fingerprint density at radius 2 is 1.65 bits per heavy atom. The van der Waals surface area contributed by atoms with E-state index in [0.717, 1.165) is 19.4 Å². The van der Waals surface area contributed by atoms with Crippen molar-refractivity contribution in [2.24, 2.45) is 5.73 Å². The van der Waals surface area contributed by atoms with Gasteiger partial charge in [-0.3, -0.25) is 0 Å². The van der Waals surface area contributed by atoms with Crippen LogP contribution in [0.25, 0.3) is 0 Å². The minimum atomic E-state index is -0.0556. The molecule has 0 aliphatic rings. The molecule has 2 nitrogen and oxygen atoms in total. The Balaban J connectivity index is 2.50. The fourth-order valence-electron chi connectivity index (χ4n) is 1.92. The maximum atomic E-state index is 5.96. The molecule has 1 aromatic rings. The van der Waals surface area contributed by atoms with Crippen molar-refractivity contribution in [2.45, 2.75) is 53.0 Å². The van der Waals surface area contributed by atoms with Crippen molar-refractivity contribution in [1.29, 1.82) is 0 Å². The summed E-state index contributed by atoms with van der Waals surface area (Å²) in [5, 5.41) is 3.50. The number of anilines is 1. The zero-order valence-electron chi connectivity index (χ0n) is 11.9. The summed E-state index contributed by atoms with van der Waals surface area (Å²) in [6.07, 6.45) is 2.15. The van der Waals surface area contributed by atoms with E-state index >= 15 is 0 Å². The average Bonchev–Trinajstić information content (AvgIpc) is 2.18. The van der Waals surface area contributed by atoms with Gasteiger partial charge in [0, 0.05) is 17.8 Å². The molecule has 0 spiro atoms. The van der Waals surface area contributed by atoms with Gasteiger partial charge < -0.3 is 11.1 Å². The predicted molar refractivity (Wildman–Crippen MR) is 76.6 cm³/mol. The molecule has 0 saturated carbocycles. The molecule has 3 N–H and O–H groups in total. The van der Waals surface area contributed by atoms with Crippen LogP contribution in [0.2, 0.25) is 0 Å². The van der Waals surface area contributed by atoms with Crippen LogP contribution in [0.3, 0.4) is 0 Å². The Labute approximate surface area is 106 Å². The maximum Gasteiger partial charge on any atom is 0.0372 e. The third-order valence-corrected chi connectivity index (χ3v) is 3.15. The minimum Gasteiger partial charge on any atom is -0.385 e. The quantitative estimate of drug-likeness (QED) is 0.765. The van der Waals surface area contributed by atoms with Crippen LogP contribution in [0.5, 0.6) is 0 Å². The van der Waals surface area contributed by atoms with Gasteiger partial charge in [0.2, 0.25) is 0 Å². The van der Waals surface area contributed by atoms with Gasteiger partial charge in [0.15, 0.2) is 0 Å². The van der Waals surface area contributed by atoms with Gasteiger partial charge in [-0.2, -0.15) is 0 Å². The van der Waals surface area contributed by atoms with E-state index in [9.17, 15) is 0 Å². The lowest BCUT2D eigenvalue weighted by molar-refractivity contribution is 0.465. The fourth-order valence-corrected chi connectivity index (χ4v) is 1.92. The zero-order valence-corrected chi connectivity index (χ0v) is 11.9. The number of nitrogens with two attached hydrogens (primary N) is 1. The second-order valence-electron chi connectivity index (χ2n) is 5.77. The summed E-state index contributed by atoms with van der Waals surface area (Å²) < 4.78 is 0. The van der Waals surface area contributed by atoms with E-state index in [1.54, 1.807) is 0 Å². The Bertz CT molecular complexity index is 375. The number of benzene rings is 1. The molecule has 1 rings (SSSR count). The molecule has 0 amide bonds. The van der Waals surface area contributed by atoms with Crippen LogP contribution >= 0.6 is 0 Å². The molecule has 17 heavy (non-hydrogen) atoms. The van der Waals surface area contributed by atoms with Crippen LogP contribution in [0.4, 0.5) is 5.69 Å². The monoisotopic (exact) mass is 234 g/mol. The van der Waals surface area contributed by atoms with E-state index in [-0.39, 0.29) is 5.54 Å². The van der Waals surface area contributed by atoms with Crippen LogP contribution in [-0.4, -0.2) is 12.1 Å². The molecule has 0 heterocycles. The Kier molecular flexibility index (Phi) is 4.58. The molecule has 1 aromatic carbocycles. The van der Waals surface area contributed by atoms with Crippen LogP contribution in [-0.2, 0) is 0 Å². The van der Waals surface area contributed by atoms with E-state index in [1.165, 1.54) is 22.4 Å². The second-order valence-corrected chi connectivity index (χ2v) is 5.77. The molecular formula is C15H26N2. The average molecular weight is 234 g/mol. The zero-order chi connectivity index (χ0) is 13.1. The first-order valence-corrected chi connectivity index (χ1v) is 6.40. The van der Waals surface area contributed by atoms with Gasteiger partial charge in [-0.15, -0.1) is 0 Å². The van der Waals surface area contributed by atoms with Gasteiger partial charge in [0.1, 0.15) is 0 Å². The molecule has 0 unspecified atom stereocenters. The summed E-state index contributed by atoms with van der Waals surface area (Å²) in [4.78, 5) is 0. The van der Waals surface area contributed by atoms with Gasteiger partial charge in [-0.05, 0) is 70.2 Å². The largest absolute Gasteiger partial charge is 0.385 e. The molecule has 0 aliphatic heterocycles. The summed E-state index contributed by atoms with van der Waals surface area (Å²) in [6.45, 7) is 11.6. The molecule has 0 bridgehead atoms. The van der Waals surface area contributed by atoms with Crippen molar-refractivity contribution >= 4 is 5.69 Å². The number of hydrogen-bond acceptors (Lipinski definition) is 2. The molecule has 0 radical (unpaired) electrons. The molecule has 0 aromatic heterocycles. The summed E-state index contributed by atoms with van der Waals surface area (Å²) in [7, 11) is 0. The number of nitrogens with one attached hydrogen (secondary N) is 1. The first-order chi connectivity index (χ1) is 7.79. The SMILES string of the molecule is Cc1cc(C)c(NCCCC(C)(C)N)cc1C. The lowest BCUT2D eigenvalue weighted by Gasteiger charge is -2.19. The highest BCUT2D eigenvalue weighted by molar-refractivity contribution is 5.54. The third kappa shape index (κ3) is 4.78. The van der Waals surface area contributed by atoms with Crippen molar-refractivity contribution in [3.8, 4) is 0 Å². The van der Waals surface area contributed by atoms with Crippen molar-refractivity contribution in [3.05, 3.63) is 28.8 Å². The lowest BCUT2D eigenvalue weighted by atomic mass is 10.00. The Morgan fingerprint density at radius 1 is 1.06 bits per heavy atom. The normalized spacial score (nSPS) is 11.6. The summed E-state index contributed by atoms with van der Waals surface area (Å²) in [5.41, 5.74) is 11.2. The Hall–Kier alpha value is -1.02. The first-order valence-electron chi connectivity index (χ1n) is 6.40. The van der Waals surface area contributed by atoms with E-state index in [0.29, 0.717) is 0 Å². The first kappa shape index (κ1) is 14.0. The topological polar surface area (TPSA) is 38.0 Å². The lowest BCUT2D eigenvalue weighted by Crippen LogP contribution is -2.32. The molecule has 96 valence electrons. The summed E-state index contributed by atoms with van der Waals surface area (Å²) in [6, 6.07) is 4.47. The van der Waals surface area contributed by atoms with Gasteiger partial charge >= 0.3 is 0 Å². The third-order valence-electron chi connectivity index (χ3n) is 3.15.